The number of hydrogen-bond acceptors (Lipinski definition) is 1. The lowest BCUT2D eigenvalue weighted by Gasteiger charge is -2.28. The van der Waals surface area contributed by atoms with Crippen LogP contribution in [0.1, 0.15) is 54.4 Å². The molecule has 1 fully saturated rings. The molecule has 0 atom stereocenters. The third kappa shape index (κ3) is 3.59. The summed E-state index contributed by atoms with van der Waals surface area (Å²) in [7, 11) is 1.96. The molecule has 1 saturated carbocycles. The molecule has 3 heteroatoms. The molecule has 0 spiro atoms. The van der Waals surface area contributed by atoms with Crippen molar-refractivity contribution in [2.24, 2.45) is 0 Å². The molecule has 19 heavy (non-hydrogen) atoms. The third-order valence-corrected chi connectivity index (χ3v) is 4.62. The second-order valence-corrected chi connectivity index (χ2v) is 6.44. The van der Waals surface area contributed by atoms with E-state index in [2.05, 4.69) is 15.9 Å². The molecular formula is C16H22BrNO. The fourth-order valence-corrected chi connectivity index (χ4v) is 3.19. The summed E-state index contributed by atoms with van der Waals surface area (Å²) in [5, 5.41) is 0. The smallest absolute Gasteiger partial charge is 0.254 e. The van der Waals surface area contributed by atoms with Crippen LogP contribution in [-0.2, 0) is 0 Å². The number of benzene rings is 1. The van der Waals surface area contributed by atoms with Crippen molar-refractivity contribution in [2.75, 3.05) is 7.05 Å². The van der Waals surface area contributed by atoms with E-state index in [0.717, 1.165) is 28.4 Å². The zero-order valence-corrected chi connectivity index (χ0v) is 13.4. The van der Waals surface area contributed by atoms with Crippen molar-refractivity contribution in [1.82, 2.24) is 4.90 Å². The second kappa shape index (κ2) is 6.56. The van der Waals surface area contributed by atoms with Crippen LogP contribution in [-0.4, -0.2) is 23.9 Å². The van der Waals surface area contributed by atoms with E-state index in [-0.39, 0.29) is 5.91 Å². The minimum Gasteiger partial charge on any atom is -0.339 e. The summed E-state index contributed by atoms with van der Waals surface area (Å²) in [6.07, 6.45) is 7.42. The Morgan fingerprint density at radius 2 is 1.84 bits per heavy atom. The fourth-order valence-electron chi connectivity index (χ4n) is 2.83. The Kier molecular flexibility index (Phi) is 5.03. The first-order chi connectivity index (χ1) is 9.09. The molecule has 0 aliphatic heterocycles. The number of halogens is 1. The van der Waals surface area contributed by atoms with Gasteiger partial charge in [-0.25, -0.2) is 0 Å². The number of nitrogens with zero attached hydrogens (tertiary/aromatic N) is 1. The van der Waals surface area contributed by atoms with E-state index in [1.54, 1.807) is 0 Å². The SMILES string of the molecule is Cc1ccc(Br)cc1C(=O)N(C)C1CCCCCC1. The monoisotopic (exact) mass is 323 g/mol. The Morgan fingerprint density at radius 3 is 2.47 bits per heavy atom. The van der Waals surface area contributed by atoms with Gasteiger partial charge in [0, 0.05) is 23.1 Å². The number of amides is 1. The molecule has 0 N–H and O–H groups in total. The van der Waals surface area contributed by atoms with Gasteiger partial charge in [-0.1, -0.05) is 47.7 Å². The molecule has 0 heterocycles. The molecule has 1 aromatic rings. The lowest BCUT2D eigenvalue weighted by atomic mass is 10.0. The van der Waals surface area contributed by atoms with Crippen LogP contribution in [0.4, 0.5) is 0 Å². The van der Waals surface area contributed by atoms with Crippen molar-refractivity contribution in [2.45, 2.75) is 51.5 Å². The number of carbonyl (C=O) groups is 1. The molecule has 0 aromatic heterocycles. The minimum absolute atomic E-state index is 0.158. The maximum Gasteiger partial charge on any atom is 0.254 e. The molecule has 104 valence electrons. The lowest BCUT2D eigenvalue weighted by Crippen LogP contribution is -2.37. The van der Waals surface area contributed by atoms with E-state index in [0.29, 0.717) is 6.04 Å². The van der Waals surface area contributed by atoms with Crippen LogP contribution in [0.2, 0.25) is 0 Å². The van der Waals surface area contributed by atoms with Crippen LogP contribution in [0.5, 0.6) is 0 Å². The van der Waals surface area contributed by atoms with Crippen molar-refractivity contribution < 1.29 is 4.79 Å². The zero-order chi connectivity index (χ0) is 13.8. The van der Waals surface area contributed by atoms with Gasteiger partial charge >= 0.3 is 0 Å². The topological polar surface area (TPSA) is 20.3 Å². The second-order valence-electron chi connectivity index (χ2n) is 5.52. The summed E-state index contributed by atoms with van der Waals surface area (Å²) >= 11 is 3.45. The van der Waals surface area contributed by atoms with Gasteiger partial charge in [0.15, 0.2) is 0 Å². The quantitative estimate of drug-likeness (QED) is 0.731. The Bertz CT molecular complexity index is 450. The summed E-state index contributed by atoms with van der Waals surface area (Å²) in [6, 6.07) is 6.33. The molecule has 1 aliphatic rings. The van der Waals surface area contributed by atoms with Crippen LogP contribution < -0.4 is 0 Å². The fraction of sp³-hybridized carbons (Fsp3) is 0.562. The highest BCUT2D eigenvalue weighted by Crippen LogP contribution is 2.24. The van der Waals surface area contributed by atoms with E-state index in [1.807, 2.05) is 37.1 Å². The zero-order valence-electron chi connectivity index (χ0n) is 11.8. The molecule has 1 amide bonds. The van der Waals surface area contributed by atoms with Gasteiger partial charge in [0.2, 0.25) is 0 Å². The van der Waals surface area contributed by atoms with Gasteiger partial charge < -0.3 is 4.90 Å². The first kappa shape index (κ1) is 14.6. The molecule has 0 bridgehead atoms. The third-order valence-electron chi connectivity index (χ3n) is 4.12. The highest BCUT2D eigenvalue weighted by Gasteiger charge is 2.23. The normalized spacial score (nSPS) is 17.0. The van der Waals surface area contributed by atoms with Gasteiger partial charge in [0.05, 0.1) is 0 Å². The van der Waals surface area contributed by atoms with Crippen LogP contribution in [0.15, 0.2) is 22.7 Å². The van der Waals surface area contributed by atoms with Crippen LogP contribution in [0, 0.1) is 6.92 Å². The van der Waals surface area contributed by atoms with E-state index in [9.17, 15) is 4.79 Å². The van der Waals surface area contributed by atoms with E-state index in [4.69, 9.17) is 0 Å². The number of hydrogen-bond donors (Lipinski definition) is 0. The summed E-state index contributed by atoms with van der Waals surface area (Å²) in [6.45, 7) is 2.00. The van der Waals surface area contributed by atoms with Gasteiger partial charge in [-0.15, -0.1) is 0 Å². The Morgan fingerprint density at radius 1 is 1.21 bits per heavy atom. The van der Waals surface area contributed by atoms with Crippen LogP contribution >= 0.6 is 15.9 Å². The van der Waals surface area contributed by atoms with Gasteiger partial charge in [0.1, 0.15) is 0 Å². The molecule has 0 radical (unpaired) electrons. The summed E-state index contributed by atoms with van der Waals surface area (Å²) < 4.78 is 0.968. The highest BCUT2D eigenvalue weighted by molar-refractivity contribution is 9.10. The van der Waals surface area contributed by atoms with Crippen molar-refractivity contribution in [3.8, 4) is 0 Å². The molecule has 1 aliphatic carbocycles. The average Bonchev–Trinajstić information content (AvgIpc) is 2.69. The molecule has 1 aromatic carbocycles. The molecular weight excluding hydrogens is 302 g/mol. The van der Waals surface area contributed by atoms with Gasteiger partial charge in [-0.05, 0) is 37.5 Å². The molecule has 2 nitrogen and oxygen atoms in total. The van der Waals surface area contributed by atoms with Gasteiger partial charge in [-0.3, -0.25) is 4.79 Å². The van der Waals surface area contributed by atoms with Crippen molar-refractivity contribution in [1.29, 1.82) is 0 Å². The van der Waals surface area contributed by atoms with Crippen LogP contribution in [0.3, 0.4) is 0 Å². The summed E-state index contributed by atoms with van der Waals surface area (Å²) in [4.78, 5) is 14.6. The maximum absolute atomic E-state index is 12.6. The van der Waals surface area contributed by atoms with Gasteiger partial charge in [-0.2, -0.15) is 0 Å². The van der Waals surface area contributed by atoms with Crippen molar-refractivity contribution in [3.05, 3.63) is 33.8 Å². The Hall–Kier alpha value is -0.830. The molecule has 2 rings (SSSR count). The number of aryl methyl sites for hydroxylation is 1. The van der Waals surface area contributed by atoms with E-state index >= 15 is 0 Å². The first-order valence-electron chi connectivity index (χ1n) is 7.13. The van der Waals surface area contributed by atoms with E-state index in [1.165, 1.54) is 25.7 Å². The largest absolute Gasteiger partial charge is 0.339 e. The average molecular weight is 324 g/mol. The van der Waals surface area contributed by atoms with Crippen molar-refractivity contribution in [3.63, 3.8) is 0 Å². The highest BCUT2D eigenvalue weighted by atomic mass is 79.9. The maximum atomic E-state index is 12.6. The Balaban J connectivity index is 2.15. The standard InChI is InChI=1S/C16H22BrNO/c1-12-9-10-13(17)11-15(12)16(19)18(2)14-7-5-3-4-6-8-14/h9-11,14H,3-8H2,1-2H3. The predicted molar refractivity (Wildman–Crippen MR) is 82.5 cm³/mol. The molecule has 0 saturated heterocycles. The van der Waals surface area contributed by atoms with Crippen molar-refractivity contribution >= 4 is 21.8 Å². The summed E-state index contributed by atoms with van der Waals surface area (Å²) in [5.41, 5.74) is 1.87. The van der Waals surface area contributed by atoms with Crippen LogP contribution in [0.25, 0.3) is 0 Å². The van der Waals surface area contributed by atoms with Gasteiger partial charge in [0.25, 0.3) is 5.91 Å². The summed E-state index contributed by atoms with van der Waals surface area (Å²) in [5.74, 6) is 0.158. The number of rotatable bonds is 2. The first-order valence-corrected chi connectivity index (χ1v) is 7.92. The molecule has 0 unspecified atom stereocenters. The minimum atomic E-state index is 0.158. The predicted octanol–water partition coefficient (Wildman–Crippen LogP) is 4.55. The van der Waals surface area contributed by atoms with E-state index < -0.39 is 0 Å². The lowest BCUT2D eigenvalue weighted by molar-refractivity contribution is 0.0717. The Labute approximate surface area is 124 Å². The number of carbonyl (C=O) groups excluding carboxylic acids is 1.